The van der Waals surface area contributed by atoms with Crippen LogP contribution in [0.25, 0.3) is 0 Å². The molecule has 2 aromatic rings. The van der Waals surface area contributed by atoms with Crippen molar-refractivity contribution in [1.29, 1.82) is 0 Å². The fourth-order valence-corrected chi connectivity index (χ4v) is 3.84. The van der Waals surface area contributed by atoms with Crippen molar-refractivity contribution in [3.63, 3.8) is 0 Å². The lowest BCUT2D eigenvalue weighted by Crippen LogP contribution is -2.50. The molecular weight excluding hydrogens is 357 g/mol. The van der Waals surface area contributed by atoms with E-state index in [0.29, 0.717) is 0 Å². The second-order valence-electron chi connectivity index (χ2n) is 6.24. The van der Waals surface area contributed by atoms with E-state index >= 15 is 0 Å². The van der Waals surface area contributed by atoms with Gasteiger partial charge in [0, 0.05) is 17.2 Å². The maximum atomic E-state index is 13.6. The first kappa shape index (κ1) is 16.2. The van der Waals surface area contributed by atoms with Crippen molar-refractivity contribution in [3.05, 3.63) is 63.9 Å². The lowest BCUT2D eigenvalue weighted by Gasteiger charge is -2.43. The van der Waals surface area contributed by atoms with Crippen LogP contribution in [0.15, 0.2) is 46.9 Å². The summed E-state index contributed by atoms with van der Waals surface area (Å²) in [7, 11) is 1.80. The third kappa shape index (κ3) is 2.80. The molecule has 0 aromatic heterocycles. The summed E-state index contributed by atoms with van der Waals surface area (Å²) in [6.07, 6.45) is 2.54. The van der Waals surface area contributed by atoms with Crippen molar-refractivity contribution >= 4 is 27.5 Å². The molecule has 2 aromatic carbocycles. The predicted molar refractivity (Wildman–Crippen MR) is 94.2 cm³/mol. The van der Waals surface area contributed by atoms with Gasteiger partial charge in [0.2, 0.25) is 5.91 Å². The summed E-state index contributed by atoms with van der Waals surface area (Å²) >= 11 is 3.45. The minimum atomic E-state index is -0.587. The molecule has 1 aliphatic rings. The van der Waals surface area contributed by atoms with Gasteiger partial charge in [-0.05, 0) is 61.2 Å². The molecule has 0 spiro atoms. The molecule has 0 atom stereocenters. The minimum absolute atomic E-state index is 0.0415. The van der Waals surface area contributed by atoms with Gasteiger partial charge in [0.15, 0.2) is 0 Å². The van der Waals surface area contributed by atoms with E-state index in [1.807, 2.05) is 31.2 Å². The number of likely N-dealkylation sites (N-methyl/N-ethyl adjacent to an activating group) is 1. The number of carbonyl (C=O) groups excluding carboxylic acids is 1. The van der Waals surface area contributed by atoms with Crippen molar-refractivity contribution in [1.82, 2.24) is 0 Å². The smallest absolute Gasteiger partial charge is 0.237 e. The highest BCUT2D eigenvalue weighted by atomic mass is 79.9. The van der Waals surface area contributed by atoms with Gasteiger partial charge < -0.3 is 4.90 Å². The number of nitrogens with zero attached hydrogens (tertiary/aromatic N) is 1. The highest BCUT2D eigenvalue weighted by Gasteiger charge is 2.47. The van der Waals surface area contributed by atoms with Gasteiger partial charge in [-0.1, -0.05) is 34.5 Å². The van der Waals surface area contributed by atoms with Crippen molar-refractivity contribution < 1.29 is 9.18 Å². The normalized spacial score (nSPS) is 15.8. The number of benzene rings is 2. The number of amides is 1. The lowest BCUT2D eigenvalue weighted by atomic mass is 9.63. The Labute approximate surface area is 144 Å². The number of carbonyl (C=O) groups is 1. The summed E-state index contributed by atoms with van der Waals surface area (Å²) in [6.45, 7) is 1.99. The molecule has 1 saturated carbocycles. The maximum Gasteiger partial charge on any atom is 0.237 e. The molecule has 0 heterocycles. The molecule has 0 N–H and O–H groups in total. The maximum absolute atomic E-state index is 13.6. The zero-order valence-corrected chi connectivity index (χ0v) is 14.9. The summed E-state index contributed by atoms with van der Waals surface area (Å²) in [5, 5.41) is 0. The lowest BCUT2D eigenvalue weighted by molar-refractivity contribution is -0.126. The van der Waals surface area contributed by atoms with Crippen LogP contribution in [0.3, 0.4) is 0 Å². The largest absolute Gasteiger partial charge is 0.314 e. The summed E-state index contributed by atoms with van der Waals surface area (Å²) in [4.78, 5) is 14.9. The van der Waals surface area contributed by atoms with Crippen LogP contribution >= 0.6 is 15.9 Å². The summed E-state index contributed by atoms with van der Waals surface area (Å²) in [6, 6.07) is 12.3. The Bertz CT molecular complexity index is 755. The Morgan fingerprint density at radius 1 is 1.22 bits per heavy atom. The SMILES string of the molecule is Cc1cc(Br)ccc1N(C)C(=O)C1(c2cccc(F)c2)CCC1. The molecule has 0 radical (unpaired) electrons. The monoisotopic (exact) mass is 375 g/mol. The molecule has 1 fully saturated rings. The van der Waals surface area contributed by atoms with E-state index in [1.54, 1.807) is 18.0 Å². The number of hydrogen-bond acceptors (Lipinski definition) is 1. The van der Waals surface area contributed by atoms with E-state index in [2.05, 4.69) is 15.9 Å². The topological polar surface area (TPSA) is 20.3 Å². The number of anilines is 1. The van der Waals surface area contributed by atoms with Crippen molar-refractivity contribution in [2.75, 3.05) is 11.9 Å². The highest BCUT2D eigenvalue weighted by molar-refractivity contribution is 9.10. The Kier molecular flexibility index (Phi) is 4.28. The molecule has 0 unspecified atom stereocenters. The van der Waals surface area contributed by atoms with Crippen molar-refractivity contribution in [2.24, 2.45) is 0 Å². The number of halogens is 2. The van der Waals surface area contributed by atoms with Gasteiger partial charge in [0.25, 0.3) is 0 Å². The quantitative estimate of drug-likeness (QED) is 0.740. The number of rotatable bonds is 3. The van der Waals surface area contributed by atoms with Gasteiger partial charge in [0.1, 0.15) is 5.82 Å². The predicted octanol–water partition coefficient (Wildman–Crippen LogP) is 4.98. The minimum Gasteiger partial charge on any atom is -0.314 e. The molecule has 0 aliphatic heterocycles. The molecule has 1 aliphatic carbocycles. The van der Waals surface area contributed by atoms with Gasteiger partial charge in [0.05, 0.1) is 5.41 Å². The Morgan fingerprint density at radius 2 is 1.96 bits per heavy atom. The van der Waals surface area contributed by atoms with Crippen molar-refractivity contribution in [3.8, 4) is 0 Å². The first-order chi connectivity index (χ1) is 10.9. The zero-order chi connectivity index (χ0) is 16.6. The Morgan fingerprint density at radius 3 is 2.52 bits per heavy atom. The van der Waals surface area contributed by atoms with Gasteiger partial charge in [-0.15, -0.1) is 0 Å². The van der Waals surface area contributed by atoms with Gasteiger partial charge in [-0.3, -0.25) is 4.79 Å². The zero-order valence-electron chi connectivity index (χ0n) is 13.3. The van der Waals surface area contributed by atoms with Gasteiger partial charge >= 0.3 is 0 Å². The van der Waals surface area contributed by atoms with Crippen LogP contribution in [0.2, 0.25) is 0 Å². The average molecular weight is 376 g/mol. The summed E-state index contributed by atoms with van der Waals surface area (Å²) in [5.41, 5.74) is 2.12. The molecule has 1 amide bonds. The molecule has 4 heteroatoms. The molecule has 120 valence electrons. The molecule has 23 heavy (non-hydrogen) atoms. The van der Waals surface area contributed by atoms with Gasteiger partial charge in [-0.25, -0.2) is 4.39 Å². The van der Waals surface area contributed by atoms with Gasteiger partial charge in [-0.2, -0.15) is 0 Å². The van der Waals surface area contributed by atoms with E-state index in [4.69, 9.17) is 0 Å². The van der Waals surface area contributed by atoms with E-state index in [1.165, 1.54) is 12.1 Å². The van der Waals surface area contributed by atoms with Crippen LogP contribution in [0, 0.1) is 12.7 Å². The molecular formula is C19H19BrFNO. The summed E-state index contributed by atoms with van der Waals surface area (Å²) in [5.74, 6) is -0.246. The van der Waals surface area contributed by atoms with E-state index in [-0.39, 0.29) is 11.7 Å². The van der Waals surface area contributed by atoms with Crippen LogP contribution in [0.5, 0.6) is 0 Å². The highest BCUT2D eigenvalue weighted by Crippen LogP contribution is 2.46. The second-order valence-corrected chi connectivity index (χ2v) is 7.16. The standard InChI is InChI=1S/C19H19BrFNO/c1-13-11-15(20)7-8-17(13)22(2)18(23)19(9-4-10-19)14-5-3-6-16(21)12-14/h3,5-8,11-12H,4,9-10H2,1-2H3. The van der Waals surface area contributed by atoms with Crippen LogP contribution in [-0.2, 0) is 10.2 Å². The number of aryl methyl sites for hydroxylation is 1. The third-order valence-electron chi connectivity index (χ3n) is 4.82. The van der Waals surface area contributed by atoms with E-state index < -0.39 is 5.41 Å². The Hall–Kier alpha value is -1.68. The van der Waals surface area contributed by atoms with E-state index in [0.717, 1.165) is 40.5 Å². The second kappa shape index (κ2) is 6.08. The fourth-order valence-electron chi connectivity index (χ4n) is 3.37. The fraction of sp³-hybridized carbons (Fsp3) is 0.316. The molecule has 2 nitrogen and oxygen atoms in total. The van der Waals surface area contributed by atoms with Crippen LogP contribution in [0.4, 0.5) is 10.1 Å². The molecule has 0 bridgehead atoms. The van der Waals surface area contributed by atoms with Crippen molar-refractivity contribution in [2.45, 2.75) is 31.6 Å². The average Bonchev–Trinajstić information content (AvgIpc) is 2.45. The third-order valence-corrected chi connectivity index (χ3v) is 5.31. The van der Waals surface area contributed by atoms with Crippen LogP contribution in [0.1, 0.15) is 30.4 Å². The van der Waals surface area contributed by atoms with Crippen LogP contribution in [-0.4, -0.2) is 13.0 Å². The van der Waals surface area contributed by atoms with Crippen LogP contribution < -0.4 is 4.90 Å². The molecule has 0 saturated heterocycles. The number of hydrogen-bond donors (Lipinski definition) is 0. The van der Waals surface area contributed by atoms with E-state index in [9.17, 15) is 9.18 Å². The first-order valence-corrected chi connectivity index (χ1v) is 8.54. The molecule has 3 rings (SSSR count). The summed E-state index contributed by atoms with van der Waals surface area (Å²) < 4.78 is 14.6. The Balaban J connectivity index is 1.97. The first-order valence-electron chi connectivity index (χ1n) is 7.74.